The summed E-state index contributed by atoms with van der Waals surface area (Å²) < 4.78 is 11.2. The van der Waals surface area contributed by atoms with Gasteiger partial charge in [0.15, 0.2) is 12.1 Å². The molecular formula is C55H74MgN4O7-2. The Morgan fingerprint density at radius 2 is 1.60 bits per heavy atom. The van der Waals surface area contributed by atoms with Crippen molar-refractivity contribution in [3.05, 3.63) is 102 Å². The zero-order valence-corrected chi connectivity index (χ0v) is 43.3. The summed E-state index contributed by atoms with van der Waals surface area (Å²) in [5.74, 6) is -1.08. The van der Waals surface area contributed by atoms with E-state index in [0.29, 0.717) is 52.0 Å². The minimum absolute atomic E-state index is 0. The average Bonchev–Trinajstić information content (AvgIpc) is 4.03. The summed E-state index contributed by atoms with van der Waals surface area (Å²) in [5.41, 5.74) is 10.9. The molecule has 6 rings (SSSR count). The third kappa shape index (κ3) is 12.1. The van der Waals surface area contributed by atoms with E-state index >= 15 is 0 Å². The van der Waals surface area contributed by atoms with Crippen molar-refractivity contribution in [2.24, 2.45) is 35.5 Å². The number of carbonyl (C=O) groups excluding carboxylic acids is 2. The van der Waals surface area contributed by atoms with Crippen molar-refractivity contribution in [2.75, 3.05) is 20.3 Å². The van der Waals surface area contributed by atoms with Gasteiger partial charge in [-0.3, -0.25) is 9.59 Å². The van der Waals surface area contributed by atoms with E-state index < -0.39 is 18.3 Å². The maximum Gasteiger partial charge on any atom is 2.00 e. The second-order valence-corrected chi connectivity index (χ2v) is 19.6. The molecule has 5 heterocycles. The Morgan fingerprint density at radius 3 is 2.27 bits per heavy atom. The molecule has 3 aliphatic rings. The molecule has 0 amide bonds. The SMILES string of the molecule is C=Cc1c2[n-]c(c1C)/C=C1\[N-]/C(=C3\c4[n-]c(c(C)c4C(=O)[C@@H]3C(O)OC)/C=c3\[n-]/c(c(C)c3CC)=C\2)[C@@H](CCC(=O)OC/C=C(\C)CCC[C@H](C)CCC[C@H](CO)[C@@H](O)CCC(C)C)[C@@H]1C.[Mg+2]. The number of nitrogens with zero attached hydrogens (tertiary/aromatic N) is 4. The summed E-state index contributed by atoms with van der Waals surface area (Å²) in [4.78, 5) is 43.2. The molecule has 2 aliphatic heterocycles. The van der Waals surface area contributed by atoms with Crippen LogP contribution in [-0.4, -0.2) is 82.8 Å². The van der Waals surface area contributed by atoms with Gasteiger partial charge in [0, 0.05) is 31.6 Å². The van der Waals surface area contributed by atoms with Crippen LogP contribution in [0.5, 0.6) is 0 Å². The molecule has 3 aromatic rings. The Morgan fingerprint density at radius 1 is 0.896 bits per heavy atom. The fourth-order valence-electron chi connectivity index (χ4n) is 10.2. The maximum atomic E-state index is 14.4. The van der Waals surface area contributed by atoms with Crippen LogP contribution in [0.3, 0.4) is 0 Å². The van der Waals surface area contributed by atoms with Crippen LogP contribution in [0.1, 0.15) is 167 Å². The Kier molecular flexibility index (Phi) is 19.4. The van der Waals surface area contributed by atoms with E-state index in [9.17, 15) is 24.9 Å². The predicted octanol–water partition coefficient (Wildman–Crippen LogP) is 8.10. The first kappa shape index (κ1) is 54.0. The molecule has 0 saturated carbocycles. The number of aromatic nitrogens is 3. The van der Waals surface area contributed by atoms with Crippen molar-refractivity contribution >= 4 is 64.7 Å². The van der Waals surface area contributed by atoms with Crippen LogP contribution < -0.4 is 25.7 Å². The first-order valence-electron chi connectivity index (χ1n) is 24.4. The van der Waals surface area contributed by atoms with Crippen molar-refractivity contribution < 1.29 is 34.4 Å². The molecule has 360 valence electrons. The largest absolute Gasteiger partial charge is 2.00 e. The summed E-state index contributed by atoms with van der Waals surface area (Å²) in [5, 5.41) is 38.6. The van der Waals surface area contributed by atoms with Gasteiger partial charge in [0.2, 0.25) is 0 Å². The molecular weight excluding hydrogens is 853 g/mol. The zero-order chi connectivity index (χ0) is 48.0. The van der Waals surface area contributed by atoms with E-state index in [2.05, 4.69) is 55.0 Å². The van der Waals surface area contributed by atoms with E-state index in [1.54, 1.807) is 0 Å². The van der Waals surface area contributed by atoms with Gasteiger partial charge in [0.25, 0.3) is 0 Å². The molecule has 11 nitrogen and oxygen atoms in total. The number of aliphatic hydroxyl groups excluding tert-OH is 3. The molecule has 0 radical (unpaired) electrons. The zero-order valence-electron chi connectivity index (χ0n) is 41.9. The molecule has 1 aliphatic carbocycles. The molecule has 3 N–H and O–H groups in total. The second-order valence-electron chi connectivity index (χ2n) is 19.6. The Hall–Kier alpha value is -3.91. The average molecular weight is 928 g/mol. The van der Waals surface area contributed by atoms with Gasteiger partial charge in [-0.25, -0.2) is 0 Å². The van der Waals surface area contributed by atoms with Crippen molar-refractivity contribution in [3.63, 3.8) is 0 Å². The molecule has 1 fully saturated rings. The van der Waals surface area contributed by atoms with E-state index in [-0.39, 0.29) is 72.2 Å². The number of rotatable bonds is 22. The summed E-state index contributed by atoms with van der Waals surface area (Å²) in [6, 6.07) is 0. The predicted molar refractivity (Wildman–Crippen MR) is 268 cm³/mol. The number of Topliss-reactive ketones (excluding diaryl/α,β-unsaturated/α-hetero) is 1. The van der Waals surface area contributed by atoms with Gasteiger partial charge in [-0.2, -0.15) is 11.4 Å². The van der Waals surface area contributed by atoms with Gasteiger partial charge in [0.1, 0.15) is 6.61 Å². The van der Waals surface area contributed by atoms with Crippen LogP contribution in [0, 0.1) is 56.3 Å². The number of aliphatic hydroxyl groups is 3. The quantitative estimate of drug-likeness (QED) is 0.0388. The summed E-state index contributed by atoms with van der Waals surface area (Å²) in [6.07, 6.45) is 16.8. The van der Waals surface area contributed by atoms with E-state index in [1.165, 1.54) is 12.7 Å². The Labute approximate surface area is 414 Å². The van der Waals surface area contributed by atoms with Gasteiger partial charge in [-0.05, 0) is 108 Å². The minimum atomic E-state index is -1.43. The van der Waals surface area contributed by atoms with E-state index in [0.717, 1.165) is 108 Å². The third-order valence-electron chi connectivity index (χ3n) is 14.6. The Balaban J connectivity index is 0.00000840. The van der Waals surface area contributed by atoms with Crippen LogP contribution >= 0.6 is 0 Å². The molecule has 1 saturated heterocycles. The smallest absolute Gasteiger partial charge is 0.664 e. The number of carbonyl (C=O) groups is 2. The number of esters is 1. The standard InChI is InChI=1S/C55H75N4O7.Mg/c1-12-38-33(7)41-26-43-35(9)40(21-23-48(62)66-25-24-32(6)17-14-16-31(5)18-15-19-37(29-60)47(61)22-20-30(3)4)52(58-43)50-51(55(64)65-11)54(63)49-36(10)44(59-53(49)50)28-46-39(13-2)34(8)42(57-46)27-45(38)56-41;/h12,24,26-28,30-31,35,37,40,47,51,55,60-61,64H,1,13-23,25,29H2,2-11H3,(H-,58,59,63);/q-3;+2/p-1/b32-24+,42-27-,43-26-,46-28-;/t31-,35-,37+,40-,47-,51+,55?;/m0./s1. The van der Waals surface area contributed by atoms with Gasteiger partial charge >= 0.3 is 29.0 Å². The fraction of sp³-hybridized carbons (Fsp3) is 0.564. The molecule has 0 spiro atoms. The number of hydrogen-bond donors (Lipinski definition) is 3. The van der Waals surface area contributed by atoms with Crippen LogP contribution in [-0.2, 0) is 20.7 Å². The summed E-state index contributed by atoms with van der Waals surface area (Å²) in [7, 11) is 1.38. The molecule has 67 heavy (non-hydrogen) atoms. The monoisotopic (exact) mass is 927 g/mol. The Bertz CT molecular complexity index is 2460. The van der Waals surface area contributed by atoms with Crippen molar-refractivity contribution in [2.45, 2.75) is 145 Å². The summed E-state index contributed by atoms with van der Waals surface area (Å²) >= 11 is 0. The topological polar surface area (TPSA) is 170 Å². The van der Waals surface area contributed by atoms with Crippen LogP contribution in [0.15, 0.2) is 29.6 Å². The van der Waals surface area contributed by atoms with Gasteiger partial charge in [-0.1, -0.05) is 118 Å². The summed E-state index contributed by atoms with van der Waals surface area (Å²) in [6.45, 7) is 23.2. The molecule has 1 unspecified atom stereocenters. The number of ketones is 1. The first-order chi connectivity index (χ1) is 31.5. The van der Waals surface area contributed by atoms with E-state index in [4.69, 9.17) is 29.7 Å². The van der Waals surface area contributed by atoms with Gasteiger partial charge < -0.3 is 45.1 Å². The number of methoxy groups -OCH3 is 1. The van der Waals surface area contributed by atoms with Crippen LogP contribution in [0.25, 0.3) is 35.2 Å². The van der Waals surface area contributed by atoms with Crippen molar-refractivity contribution in [1.29, 1.82) is 0 Å². The normalized spacial score (nSPS) is 22.5. The molecule has 0 aromatic carbocycles. The number of allylic oxidation sites excluding steroid dienone is 3. The van der Waals surface area contributed by atoms with Gasteiger partial charge in [-0.15, -0.1) is 33.5 Å². The second kappa shape index (κ2) is 24.1. The number of hydrogen-bond acceptors (Lipinski definition) is 7. The minimum Gasteiger partial charge on any atom is -0.664 e. The fourth-order valence-corrected chi connectivity index (χ4v) is 10.2. The molecule has 12 heteroatoms. The molecule has 7 atom stereocenters. The molecule has 8 bridgehead atoms. The van der Waals surface area contributed by atoms with Gasteiger partial charge in [0.05, 0.1) is 12.0 Å². The van der Waals surface area contributed by atoms with Crippen LogP contribution in [0.2, 0.25) is 0 Å². The van der Waals surface area contributed by atoms with Crippen molar-refractivity contribution in [3.8, 4) is 0 Å². The maximum absolute atomic E-state index is 14.4. The number of fused-ring (bicyclic) bond motifs is 7. The van der Waals surface area contributed by atoms with Crippen molar-refractivity contribution in [1.82, 2.24) is 15.0 Å². The van der Waals surface area contributed by atoms with E-state index in [1.807, 2.05) is 44.2 Å². The third-order valence-corrected chi connectivity index (χ3v) is 14.6. The first-order valence-corrected chi connectivity index (χ1v) is 24.4. The molecule has 3 aromatic heterocycles. The van der Waals surface area contributed by atoms with Crippen LogP contribution in [0.4, 0.5) is 0 Å². The number of ether oxygens (including phenoxy) is 2.